The molecule has 1 rings (SSSR count). The van der Waals surface area contributed by atoms with Gasteiger partial charge in [0.1, 0.15) is 0 Å². The molecule has 0 bridgehead atoms. The maximum absolute atomic E-state index is 3.72. The third kappa shape index (κ3) is 3.79. The van der Waals surface area contributed by atoms with E-state index in [0.29, 0.717) is 0 Å². The molecular formula is C14H29N. The SMILES string of the molecule is CCNC(CC(C)CC)C1CCCC1C. The summed E-state index contributed by atoms with van der Waals surface area (Å²) in [6.07, 6.45) is 7.05. The molecule has 0 aromatic heterocycles. The van der Waals surface area contributed by atoms with Gasteiger partial charge < -0.3 is 5.32 Å². The molecule has 1 fully saturated rings. The van der Waals surface area contributed by atoms with Crippen LogP contribution in [0.15, 0.2) is 0 Å². The fraction of sp³-hybridized carbons (Fsp3) is 1.00. The number of hydrogen-bond donors (Lipinski definition) is 1. The normalized spacial score (nSPS) is 30.4. The van der Waals surface area contributed by atoms with Crippen LogP contribution in [0.25, 0.3) is 0 Å². The van der Waals surface area contributed by atoms with Crippen LogP contribution in [0.1, 0.15) is 59.8 Å². The third-order valence-corrected chi connectivity index (χ3v) is 4.26. The lowest BCUT2D eigenvalue weighted by molar-refractivity contribution is 0.258. The minimum Gasteiger partial charge on any atom is -0.314 e. The molecule has 1 saturated carbocycles. The van der Waals surface area contributed by atoms with Crippen molar-refractivity contribution in [1.29, 1.82) is 0 Å². The summed E-state index contributed by atoms with van der Waals surface area (Å²) in [5.41, 5.74) is 0. The zero-order chi connectivity index (χ0) is 11.3. The van der Waals surface area contributed by atoms with Crippen LogP contribution in [0.2, 0.25) is 0 Å². The van der Waals surface area contributed by atoms with Crippen molar-refractivity contribution in [3.05, 3.63) is 0 Å². The van der Waals surface area contributed by atoms with Crippen LogP contribution in [0.3, 0.4) is 0 Å². The molecule has 4 unspecified atom stereocenters. The predicted octanol–water partition coefficient (Wildman–Crippen LogP) is 3.84. The first kappa shape index (κ1) is 13.0. The topological polar surface area (TPSA) is 12.0 Å². The zero-order valence-corrected chi connectivity index (χ0v) is 11.1. The summed E-state index contributed by atoms with van der Waals surface area (Å²) in [6, 6.07) is 0.780. The van der Waals surface area contributed by atoms with Crippen LogP contribution in [0, 0.1) is 17.8 Å². The van der Waals surface area contributed by atoms with Crippen LogP contribution >= 0.6 is 0 Å². The van der Waals surface area contributed by atoms with Crippen LogP contribution in [-0.2, 0) is 0 Å². The van der Waals surface area contributed by atoms with Gasteiger partial charge in [-0.25, -0.2) is 0 Å². The van der Waals surface area contributed by atoms with Gasteiger partial charge in [-0.1, -0.05) is 47.0 Å². The Morgan fingerprint density at radius 2 is 2.00 bits per heavy atom. The van der Waals surface area contributed by atoms with E-state index in [0.717, 1.165) is 30.3 Å². The molecule has 90 valence electrons. The first-order valence-corrected chi connectivity index (χ1v) is 6.92. The average Bonchev–Trinajstić information content (AvgIpc) is 2.63. The van der Waals surface area contributed by atoms with E-state index in [4.69, 9.17) is 0 Å². The molecule has 1 aliphatic rings. The summed E-state index contributed by atoms with van der Waals surface area (Å²) in [7, 11) is 0. The summed E-state index contributed by atoms with van der Waals surface area (Å²) in [5, 5.41) is 3.72. The Hall–Kier alpha value is -0.0400. The van der Waals surface area contributed by atoms with Crippen molar-refractivity contribution in [3.8, 4) is 0 Å². The Labute approximate surface area is 96.0 Å². The van der Waals surface area contributed by atoms with Crippen molar-refractivity contribution in [2.75, 3.05) is 6.54 Å². The molecule has 15 heavy (non-hydrogen) atoms. The van der Waals surface area contributed by atoms with E-state index in [1.54, 1.807) is 0 Å². The summed E-state index contributed by atoms with van der Waals surface area (Å²) < 4.78 is 0. The zero-order valence-electron chi connectivity index (χ0n) is 11.1. The van der Waals surface area contributed by atoms with Gasteiger partial charge in [0.15, 0.2) is 0 Å². The molecule has 0 saturated heterocycles. The Bertz CT molecular complexity index is 167. The molecule has 0 radical (unpaired) electrons. The molecule has 1 aliphatic carbocycles. The monoisotopic (exact) mass is 211 g/mol. The average molecular weight is 211 g/mol. The number of hydrogen-bond acceptors (Lipinski definition) is 1. The van der Waals surface area contributed by atoms with Gasteiger partial charge in [0.2, 0.25) is 0 Å². The van der Waals surface area contributed by atoms with Gasteiger partial charge in [0, 0.05) is 6.04 Å². The molecule has 0 heterocycles. The van der Waals surface area contributed by atoms with Gasteiger partial charge in [0.05, 0.1) is 0 Å². The lowest BCUT2D eigenvalue weighted by Crippen LogP contribution is -2.38. The highest BCUT2D eigenvalue weighted by Crippen LogP contribution is 2.35. The molecule has 1 N–H and O–H groups in total. The van der Waals surface area contributed by atoms with Crippen molar-refractivity contribution in [1.82, 2.24) is 5.32 Å². The highest BCUT2D eigenvalue weighted by Gasteiger charge is 2.30. The van der Waals surface area contributed by atoms with Crippen molar-refractivity contribution < 1.29 is 0 Å². The second-order valence-electron chi connectivity index (χ2n) is 5.49. The van der Waals surface area contributed by atoms with E-state index in [1.165, 1.54) is 32.1 Å². The molecule has 1 nitrogen and oxygen atoms in total. The molecule has 0 aromatic rings. The van der Waals surface area contributed by atoms with E-state index < -0.39 is 0 Å². The standard InChI is InChI=1S/C14H29N/c1-5-11(3)10-14(15-6-2)13-9-7-8-12(13)4/h11-15H,5-10H2,1-4H3. The van der Waals surface area contributed by atoms with E-state index >= 15 is 0 Å². The van der Waals surface area contributed by atoms with Crippen molar-refractivity contribution in [2.24, 2.45) is 17.8 Å². The van der Waals surface area contributed by atoms with E-state index in [9.17, 15) is 0 Å². The molecule has 4 atom stereocenters. The summed E-state index contributed by atoms with van der Waals surface area (Å²) >= 11 is 0. The molecule has 0 aromatic carbocycles. The quantitative estimate of drug-likeness (QED) is 0.704. The molecule has 0 amide bonds. The summed E-state index contributed by atoms with van der Waals surface area (Å²) in [6.45, 7) is 10.5. The number of nitrogens with one attached hydrogen (secondary N) is 1. The minimum absolute atomic E-state index is 0.780. The maximum Gasteiger partial charge on any atom is 0.0100 e. The third-order valence-electron chi connectivity index (χ3n) is 4.26. The first-order valence-electron chi connectivity index (χ1n) is 6.92. The van der Waals surface area contributed by atoms with Gasteiger partial charge in [0.25, 0.3) is 0 Å². The largest absolute Gasteiger partial charge is 0.314 e. The fourth-order valence-electron chi connectivity index (χ4n) is 3.04. The Morgan fingerprint density at radius 1 is 1.27 bits per heavy atom. The summed E-state index contributed by atoms with van der Waals surface area (Å²) in [5.74, 6) is 2.76. The van der Waals surface area contributed by atoms with Gasteiger partial charge in [-0.05, 0) is 37.1 Å². The molecule has 0 aliphatic heterocycles. The Kier molecular flexibility index (Phi) is 5.66. The lowest BCUT2D eigenvalue weighted by Gasteiger charge is -2.29. The fourth-order valence-corrected chi connectivity index (χ4v) is 3.04. The second-order valence-corrected chi connectivity index (χ2v) is 5.49. The second kappa shape index (κ2) is 6.52. The molecule has 0 spiro atoms. The lowest BCUT2D eigenvalue weighted by atomic mass is 9.84. The highest BCUT2D eigenvalue weighted by molar-refractivity contribution is 4.85. The van der Waals surface area contributed by atoms with E-state index in [1.807, 2.05) is 0 Å². The number of rotatable bonds is 6. The molecule has 1 heteroatoms. The van der Waals surface area contributed by atoms with Gasteiger partial charge >= 0.3 is 0 Å². The van der Waals surface area contributed by atoms with Gasteiger partial charge in [-0.2, -0.15) is 0 Å². The van der Waals surface area contributed by atoms with Crippen molar-refractivity contribution in [3.63, 3.8) is 0 Å². The maximum atomic E-state index is 3.72. The smallest absolute Gasteiger partial charge is 0.0100 e. The Balaban J connectivity index is 2.48. The van der Waals surface area contributed by atoms with Crippen molar-refractivity contribution in [2.45, 2.75) is 65.8 Å². The van der Waals surface area contributed by atoms with E-state index in [2.05, 4.69) is 33.0 Å². The van der Waals surface area contributed by atoms with E-state index in [-0.39, 0.29) is 0 Å². The minimum atomic E-state index is 0.780. The first-order chi connectivity index (χ1) is 7.19. The van der Waals surface area contributed by atoms with Gasteiger partial charge in [-0.3, -0.25) is 0 Å². The predicted molar refractivity (Wildman–Crippen MR) is 68.0 cm³/mol. The Morgan fingerprint density at radius 3 is 2.47 bits per heavy atom. The summed E-state index contributed by atoms with van der Waals surface area (Å²) in [4.78, 5) is 0. The van der Waals surface area contributed by atoms with Crippen LogP contribution < -0.4 is 5.32 Å². The molecular weight excluding hydrogens is 182 g/mol. The van der Waals surface area contributed by atoms with Gasteiger partial charge in [-0.15, -0.1) is 0 Å². The van der Waals surface area contributed by atoms with Crippen molar-refractivity contribution >= 4 is 0 Å². The van der Waals surface area contributed by atoms with Crippen LogP contribution in [0.5, 0.6) is 0 Å². The highest BCUT2D eigenvalue weighted by atomic mass is 14.9. The van der Waals surface area contributed by atoms with Crippen LogP contribution in [-0.4, -0.2) is 12.6 Å². The van der Waals surface area contributed by atoms with Crippen LogP contribution in [0.4, 0.5) is 0 Å².